The second-order valence-electron chi connectivity index (χ2n) is 6.98. The molecule has 3 aromatic carbocycles. The minimum Gasteiger partial charge on any atom is -0.488 e. The van der Waals surface area contributed by atoms with Gasteiger partial charge in [-0.25, -0.2) is 8.78 Å². The van der Waals surface area contributed by atoms with Gasteiger partial charge in [0.25, 0.3) is 5.91 Å². The van der Waals surface area contributed by atoms with Crippen LogP contribution in [0, 0.1) is 11.6 Å². The molecule has 32 heavy (non-hydrogen) atoms. The van der Waals surface area contributed by atoms with Crippen molar-refractivity contribution in [3.8, 4) is 5.75 Å². The molecule has 0 fully saturated rings. The van der Waals surface area contributed by atoms with Crippen molar-refractivity contribution in [3.05, 3.63) is 112 Å². The minimum absolute atomic E-state index is 0.0216. The highest BCUT2D eigenvalue weighted by Crippen LogP contribution is 2.25. The number of ether oxygens (including phenoxy) is 1. The third-order valence-corrected chi connectivity index (χ3v) is 4.91. The second-order valence-corrected chi connectivity index (χ2v) is 7.41. The van der Waals surface area contributed by atoms with Crippen molar-refractivity contribution < 1.29 is 18.3 Å². The number of anilines is 1. The molecular weight excluding hydrogens is 436 g/mol. The fraction of sp³-hybridized carbons (Fsp3) is 0.0833. The first kappa shape index (κ1) is 21.5. The summed E-state index contributed by atoms with van der Waals surface area (Å²) in [4.78, 5) is 12.4. The van der Waals surface area contributed by atoms with Gasteiger partial charge in [0.05, 0.1) is 6.54 Å². The van der Waals surface area contributed by atoms with Gasteiger partial charge in [-0.15, -0.1) is 0 Å². The van der Waals surface area contributed by atoms with Crippen LogP contribution in [0.3, 0.4) is 0 Å². The number of nitrogens with zero attached hydrogens (tertiary/aromatic N) is 2. The summed E-state index contributed by atoms with van der Waals surface area (Å²) in [5.74, 6) is -1.85. The fourth-order valence-corrected chi connectivity index (χ4v) is 3.23. The molecule has 0 atom stereocenters. The number of amides is 1. The summed E-state index contributed by atoms with van der Waals surface area (Å²) < 4.78 is 35.1. The van der Waals surface area contributed by atoms with E-state index < -0.39 is 23.2 Å². The average Bonchev–Trinajstić information content (AvgIpc) is 3.26. The van der Waals surface area contributed by atoms with Crippen molar-refractivity contribution in [2.24, 2.45) is 0 Å². The van der Waals surface area contributed by atoms with Crippen LogP contribution in [0.15, 0.2) is 79.0 Å². The highest BCUT2D eigenvalue weighted by Gasteiger charge is 2.16. The number of para-hydroxylation sites is 1. The molecule has 1 heterocycles. The monoisotopic (exact) mass is 453 g/mol. The van der Waals surface area contributed by atoms with Crippen LogP contribution in [0.25, 0.3) is 0 Å². The lowest BCUT2D eigenvalue weighted by Gasteiger charge is -2.12. The molecule has 0 radical (unpaired) electrons. The molecule has 4 aromatic rings. The number of carbonyl (C=O) groups excluding carboxylic acids is 1. The molecular formula is C24H18ClF2N3O2. The molecule has 0 aliphatic carbocycles. The zero-order valence-corrected chi connectivity index (χ0v) is 17.5. The highest BCUT2D eigenvalue weighted by atomic mass is 35.5. The van der Waals surface area contributed by atoms with Crippen LogP contribution in [0.4, 0.5) is 14.5 Å². The lowest BCUT2D eigenvalue weighted by Crippen LogP contribution is -2.15. The van der Waals surface area contributed by atoms with Crippen molar-refractivity contribution in [2.45, 2.75) is 13.2 Å². The van der Waals surface area contributed by atoms with Crippen LogP contribution < -0.4 is 10.1 Å². The number of halogens is 3. The molecule has 1 N–H and O–H groups in total. The Balaban J connectivity index is 1.48. The summed E-state index contributed by atoms with van der Waals surface area (Å²) >= 11 is 6.13. The van der Waals surface area contributed by atoms with Gasteiger partial charge in [0.1, 0.15) is 29.7 Å². The van der Waals surface area contributed by atoms with E-state index in [2.05, 4.69) is 10.4 Å². The van der Waals surface area contributed by atoms with Crippen LogP contribution in [0.2, 0.25) is 5.02 Å². The highest BCUT2D eigenvalue weighted by molar-refractivity contribution is 6.30. The Hall–Kier alpha value is -3.71. The van der Waals surface area contributed by atoms with Crippen LogP contribution >= 0.6 is 11.6 Å². The number of hydrogen-bond donors (Lipinski definition) is 1. The van der Waals surface area contributed by atoms with E-state index in [9.17, 15) is 13.6 Å². The first-order valence-corrected chi connectivity index (χ1v) is 10.1. The van der Waals surface area contributed by atoms with E-state index in [1.165, 1.54) is 16.8 Å². The van der Waals surface area contributed by atoms with Gasteiger partial charge < -0.3 is 10.1 Å². The van der Waals surface area contributed by atoms with Crippen molar-refractivity contribution in [1.82, 2.24) is 9.78 Å². The van der Waals surface area contributed by atoms with Crippen LogP contribution in [-0.4, -0.2) is 15.7 Å². The molecule has 1 aromatic heterocycles. The Morgan fingerprint density at radius 2 is 1.75 bits per heavy atom. The number of aromatic nitrogens is 2. The Labute approximate surface area is 188 Å². The van der Waals surface area contributed by atoms with E-state index >= 15 is 0 Å². The SMILES string of the molecule is O=C(Nc1c(F)cccc1F)c1ccn(Cc2ccc(Cl)cc2OCc2ccccc2)n1. The normalized spacial score (nSPS) is 10.7. The summed E-state index contributed by atoms with van der Waals surface area (Å²) in [7, 11) is 0. The Kier molecular flexibility index (Phi) is 6.47. The van der Waals surface area contributed by atoms with Crippen LogP contribution in [-0.2, 0) is 13.2 Å². The second kappa shape index (κ2) is 9.62. The maximum absolute atomic E-state index is 13.8. The van der Waals surface area contributed by atoms with E-state index in [4.69, 9.17) is 16.3 Å². The van der Waals surface area contributed by atoms with Gasteiger partial charge in [-0.3, -0.25) is 9.48 Å². The molecule has 0 bridgehead atoms. The Morgan fingerprint density at radius 1 is 1.00 bits per heavy atom. The Morgan fingerprint density at radius 3 is 2.50 bits per heavy atom. The van der Waals surface area contributed by atoms with E-state index in [0.29, 0.717) is 23.9 Å². The maximum Gasteiger partial charge on any atom is 0.276 e. The minimum atomic E-state index is -0.862. The summed E-state index contributed by atoms with van der Waals surface area (Å²) in [5.41, 5.74) is 1.33. The maximum atomic E-state index is 13.8. The zero-order chi connectivity index (χ0) is 22.5. The molecule has 0 spiro atoms. The smallest absolute Gasteiger partial charge is 0.276 e. The van der Waals surface area contributed by atoms with Gasteiger partial charge in [-0.05, 0) is 35.9 Å². The van der Waals surface area contributed by atoms with Gasteiger partial charge in [0, 0.05) is 16.8 Å². The van der Waals surface area contributed by atoms with Crippen LogP contribution in [0.5, 0.6) is 5.75 Å². The Bertz CT molecular complexity index is 1220. The van der Waals surface area contributed by atoms with Gasteiger partial charge in [-0.2, -0.15) is 5.10 Å². The molecule has 0 saturated heterocycles. The van der Waals surface area contributed by atoms with Gasteiger partial charge in [0.2, 0.25) is 0 Å². The number of carbonyl (C=O) groups is 1. The van der Waals surface area contributed by atoms with Gasteiger partial charge in [0.15, 0.2) is 5.69 Å². The summed E-state index contributed by atoms with van der Waals surface area (Å²) in [6.07, 6.45) is 1.60. The third kappa shape index (κ3) is 5.12. The van der Waals surface area contributed by atoms with Gasteiger partial charge in [-0.1, -0.05) is 54.1 Å². The average molecular weight is 454 g/mol. The molecule has 4 rings (SSSR count). The summed E-state index contributed by atoms with van der Waals surface area (Å²) in [6, 6.07) is 19.8. The summed E-state index contributed by atoms with van der Waals surface area (Å²) in [5, 5.41) is 6.97. The molecule has 0 unspecified atom stereocenters. The van der Waals surface area contributed by atoms with E-state index in [0.717, 1.165) is 23.3 Å². The van der Waals surface area contributed by atoms with Crippen molar-refractivity contribution >= 4 is 23.2 Å². The molecule has 162 valence electrons. The largest absolute Gasteiger partial charge is 0.488 e. The van der Waals surface area contributed by atoms with E-state index in [1.54, 1.807) is 18.3 Å². The van der Waals surface area contributed by atoms with Crippen molar-refractivity contribution in [2.75, 3.05) is 5.32 Å². The number of benzene rings is 3. The van der Waals surface area contributed by atoms with E-state index in [-0.39, 0.29) is 5.69 Å². The fourth-order valence-electron chi connectivity index (χ4n) is 3.07. The molecule has 0 aliphatic rings. The topological polar surface area (TPSA) is 56.2 Å². The first-order valence-electron chi connectivity index (χ1n) is 9.73. The number of nitrogens with one attached hydrogen (secondary N) is 1. The van der Waals surface area contributed by atoms with Crippen LogP contribution in [0.1, 0.15) is 21.6 Å². The lowest BCUT2D eigenvalue weighted by atomic mass is 10.2. The molecule has 1 amide bonds. The standard InChI is InChI=1S/C24H18ClF2N3O2/c25-18-10-9-17(22(13-18)32-15-16-5-2-1-3-6-16)14-30-12-11-21(29-30)24(31)28-23-19(26)7-4-8-20(23)27/h1-13H,14-15H2,(H,28,31). The number of rotatable bonds is 7. The van der Waals surface area contributed by atoms with Crippen molar-refractivity contribution in [3.63, 3.8) is 0 Å². The molecule has 0 aliphatic heterocycles. The number of hydrogen-bond acceptors (Lipinski definition) is 3. The predicted molar refractivity (Wildman–Crippen MR) is 118 cm³/mol. The third-order valence-electron chi connectivity index (χ3n) is 4.67. The quantitative estimate of drug-likeness (QED) is 0.391. The molecule has 5 nitrogen and oxygen atoms in total. The zero-order valence-electron chi connectivity index (χ0n) is 16.8. The summed E-state index contributed by atoms with van der Waals surface area (Å²) in [6.45, 7) is 0.678. The predicted octanol–water partition coefficient (Wildman–Crippen LogP) is 5.69. The van der Waals surface area contributed by atoms with Gasteiger partial charge >= 0.3 is 0 Å². The van der Waals surface area contributed by atoms with E-state index in [1.807, 2.05) is 36.4 Å². The molecule has 0 saturated carbocycles. The molecule has 8 heteroatoms. The lowest BCUT2D eigenvalue weighted by molar-refractivity contribution is 0.102. The van der Waals surface area contributed by atoms with Crippen molar-refractivity contribution in [1.29, 1.82) is 0 Å². The first-order chi connectivity index (χ1) is 15.5.